The molecule has 2 aromatic rings. The predicted octanol–water partition coefficient (Wildman–Crippen LogP) is 3.64. The molecule has 0 saturated carbocycles. The molecule has 102 valence electrons. The highest BCUT2D eigenvalue weighted by Crippen LogP contribution is 2.24. The van der Waals surface area contributed by atoms with E-state index in [-0.39, 0.29) is 0 Å². The number of hydrogen-bond acceptors (Lipinski definition) is 3. The Bertz CT molecular complexity index is 695. The molecule has 0 amide bonds. The highest BCUT2D eigenvalue weighted by atomic mass is 79.9. The van der Waals surface area contributed by atoms with Crippen LogP contribution in [0.5, 0.6) is 5.75 Å². The Hall–Kier alpha value is -1.64. The van der Waals surface area contributed by atoms with Crippen LogP contribution in [-0.4, -0.2) is 11.3 Å². The minimum absolute atomic E-state index is 0.380. The molecule has 0 spiro atoms. The topological polar surface area (TPSA) is 50.1 Å². The minimum Gasteiger partial charge on any atom is -0.495 e. The molecule has 0 bridgehead atoms. The molecule has 0 N–H and O–H groups in total. The van der Waals surface area contributed by atoms with Gasteiger partial charge in [0.05, 0.1) is 34.1 Å². The van der Waals surface area contributed by atoms with E-state index in [9.17, 15) is 4.21 Å². The van der Waals surface area contributed by atoms with Crippen LogP contribution in [0.4, 0.5) is 0 Å². The van der Waals surface area contributed by atoms with Crippen molar-refractivity contribution in [2.24, 2.45) is 0 Å². The Labute approximate surface area is 128 Å². The van der Waals surface area contributed by atoms with Crippen molar-refractivity contribution in [3.63, 3.8) is 0 Å². The number of hydrogen-bond donors (Lipinski definition) is 0. The molecule has 2 rings (SSSR count). The lowest BCUT2D eigenvalue weighted by molar-refractivity contribution is 0.413. The summed E-state index contributed by atoms with van der Waals surface area (Å²) in [6.45, 7) is 0. The smallest absolute Gasteiger partial charge is 0.136 e. The van der Waals surface area contributed by atoms with Gasteiger partial charge in [-0.3, -0.25) is 4.21 Å². The lowest BCUT2D eigenvalue weighted by atomic mass is 10.1. The highest BCUT2D eigenvalue weighted by molar-refractivity contribution is 9.10. The van der Waals surface area contributed by atoms with Gasteiger partial charge < -0.3 is 4.74 Å². The van der Waals surface area contributed by atoms with E-state index in [1.165, 1.54) is 7.11 Å². The van der Waals surface area contributed by atoms with Crippen LogP contribution < -0.4 is 4.74 Å². The van der Waals surface area contributed by atoms with Gasteiger partial charge in [0.25, 0.3) is 0 Å². The first-order chi connectivity index (χ1) is 9.65. The molecule has 0 radical (unpaired) electrons. The molecule has 3 nitrogen and oxygen atoms in total. The lowest BCUT2D eigenvalue weighted by Crippen LogP contribution is -1.98. The second kappa shape index (κ2) is 6.69. The number of benzene rings is 2. The van der Waals surface area contributed by atoms with E-state index in [4.69, 9.17) is 10.00 Å². The van der Waals surface area contributed by atoms with Gasteiger partial charge >= 0.3 is 0 Å². The largest absolute Gasteiger partial charge is 0.495 e. The lowest BCUT2D eigenvalue weighted by Gasteiger charge is -2.07. The molecule has 5 heteroatoms. The number of rotatable bonds is 4. The number of halogens is 1. The third-order valence-electron chi connectivity index (χ3n) is 2.77. The summed E-state index contributed by atoms with van der Waals surface area (Å²) in [6, 6.07) is 14.7. The van der Waals surface area contributed by atoms with Gasteiger partial charge in [0.1, 0.15) is 11.8 Å². The normalized spacial score (nSPS) is 11.7. The van der Waals surface area contributed by atoms with Gasteiger partial charge in [-0.25, -0.2) is 0 Å². The van der Waals surface area contributed by atoms with Gasteiger partial charge in [-0.15, -0.1) is 0 Å². The summed E-state index contributed by atoms with van der Waals surface area (Å²) in [5.74, 6) is 0.888. The summed E-state index contributed by atoms with van der Waals surface area (Å²) in [5.41, 5.74) is 1.35. The first-order valence-corrected chi connectivity index (χ1v) is 7.97. The van der Waals surface area contributed by atoms with Crippen LogP contribution in [0.1, 0.15) is 11.1 Å². The summed E-state index contributed by atoms with van der Waals surface area (Å²) in [4.78, 5) is 0.760. The molecule has 1 atom stereocenters. The third kappa shape index (κ3) is 3.27. The van der Waals surface area contributed by atoms with Gasteiger partial charge in [0, 0.05) is 4.47 Å². The molecule has 0 saturated heterocycles. The molecular weight excluding hydrogens is 338 g/mol. The van der Waals surface area contributed by atoms with Crippen LogP contribution in [0.15, 0.2) is 51.8 Å². The van der Waals surface area contributed by atoms with Crippen LogP contribution in [0.3, 0.4) is 0 Å². The zero-order valence-electron chi connectivity index (χ0n) is 10.8. The van der Waals surface area contributed by atoms with E-state index in [0.717, 1.165) is 14.9 Å². The van der Waals surface area contributed by atoms with Gasteiger partial charge in [0.2, 0.25) is 0 Å². The Morgan fingerprint density at radius 2 is 2.05 bits per heavy atom. The zero-order valence-corrected chi connectivity index (χ0v) is 13.2. The van der Waals surface area contributed by atoms with E-state index in [2.05, 4.69) is 22.0 Å². The molecule has 2 aromatic carbocycles. The maximum absolute atomic E-state index is 12.4. The van der Waals surface area contributed by atoms with E-state index in [1.54, 1.807) is 18.2 Å². The van der Waals surface area contributed by atoms with Gasteiger partial charge in [0.15, 0.2) is 0 Å². The standard InChI is InChI=1S/C15H12BrNO2S/c1-19-14-8-11(6-7-12(14)9-17)10-20(18)15-5-3-2-4-13(15)16/h2-8H,10H2,1H3. The second-order valence-electron chi connectivity index (χ2n) is 4.07. The van der Waals surface area contributed by atoms with Crippen molar-refractivity contribution in [2.75, 3.05) is 7.11 Å². The van der Waals surface area contributed by atoms with Crippen LogP contribution in [0.2, 0.25) is 0 Å². The average molecular weight is 350 g/mol. The molecule has 0 aromatic heterocycles. The van der Waals surface area contributed by atoms with Gasteiger partial charge in [-0.1, -0.05) is 18.2 Å². The Morgan fingerprint density at radius 3 is 2.70 bits per heavy atom. The van der Waals surface area contributed by atoms with Gasteiger partial charge in [-0.05, 0) is 45.8 Å². The van der Waals surface area contributed by atoms with E-state index >= 15 is 0 Å². The number of nitrogens with zero attached hydrogens (tertiary/aromatic N) is 1. The summed E-state index contributed by atoms with van der Waals surface area (Å²) in [6.07, 6.45) is 0. The van der Waals surface area contributed by atoms with Crippen LogP contribution >= 0.6 is 15.9 Å². The SMILES string of the molecule is COc1cc(CS(=O)c2ccccc2Br)ccc1C#N. The predicted molar refractivity (Wildman–Crippen MR) is 82.0 cm³/mol. The Kier molecular flexibility index (Phi) is 4.94. The minimum atomic E-state index is -1.15. The molecule has 0 aliphatic rings. The third-order valence-corrected chi connectivity index (χ3v) is 5.16. The molecular formula is C15H12BrNO2S. The van der Waals surface area contributed by atoms with Crippen molar-refractivity contribution in [1.29, 1.82) is 5.26 Å². The molecule has 0 heterocycles. The van der Waals surface area contributed by atoms with Crippen LogP contribution in [-0.2, 0) is 16.6 Å². The van der Waals surface area contributed by atoms with Crippen molar-refractivity contribution < 1.29 is 8.95 Å². The fourth-order valence-electron chi connectivity index (χ4n) is 1.78. The summed E-state index contributed by atoms with van der Waals surface area (Å²) >= 11 is 3.40. The fourth-order valence-corrected chi connectivity index (χ4v) is 3.76. The Balaban J connectivity index is 2.25. The molecule has 20 heavy (non-hydrogen) atoms. The van der Waals surface area contributed by atoms with Crippen molar-refractivity contribution in [3.8, 4) is 11.8 Å². The monoisotopic (exact) mass is 349 g/mol. The summed E-state index contributed by atoms with van der Waals surface area (Å²) < 4.78 is 18.4. The van der Waals surface area contributed by atoms with Crippen molar-refractivity contribution >= 4 is 26.7 Å². The van der Waals surface area contributed by atoms with Crippen molar-refractivity contribution in [3.05, 3.63) is 58.1 Å². The number of methoxy groups -OCH3 is 1. The Morgan fingerprint density at radius 1 is 1.30 bits per heavy atom. The molecule has 0 fully saturated rings. The molecule has 0 aliphatic carbocycles. The maximum Gasteiger partial charge on any atom is 0.136 e. The van der Waals surface area contributed by atoms with Crippen molar-refractivity contribution in [2.45, 2.75) is 10.6 Å². The first-order valence-electron chi connectivity index (χ1n) is 5.85. The highest BCUT2D eigenvalue weighted by Gasteiger charge is 2.10. The average Bonchev–Trinajstić information content (AvgIpc) is 2.47. The van der Waals surface area contributed by atoms with Gasteiger partial charge in [-0.2, -0.15) is 5.26 Å². The second-order valence-corrected chi connectivity index (χ2v) is 6.34. The van der Waals surface area contributed by atoms with Crippen LogP contribution in [0.25, 0.3) is 0 Å². The van der Waals surface area contributed by atoms with Crippen molar-refractivity contribution in [1.82, 2.24) is 0 Å². The fraction of sp³-hybridized carbons (Fsp3) is 0.133. The zero-order chi connectivity index (χ0) is 14.5. The van der Waals surface area contributed by atoms with E-state index in [1.807, 2.05) is 24.3 Å². The quantitative estimate of drug-likeness (QED) is 0.846. The molecule has 1 unspecified atom stereocenters. The maximum atomic E-state index is 12.4. The van der Waals surface area contributed by atoms with E-state index in [0.29, 0.717) is 17.1 Å². The number of nitriles is 1. The first kappa shape index (κ1) is 14.8. The molecule has 0 aliphatic heterocycles. The van der Waals surface area contributed by atoms with Crippen LogP contribution in [0, 0.1) is 11.3 Å². The van der Waals surface area contributed by atoms with E-state index < -0.39 is 10.8 Å². The summed E-state index contributed by atoms with van der Waals surface area (Å²) in [7, 11) is 0.368. The number of ether oxygens (including phenoxy) is 1. The summed E-state index contributed by atoms with van der Waals surface area (Å²) in [5, 5.41) is 8.94.